The highest BCUT2D eigenvalue weighted by atomic mass is 15.2. The van der Waals surface area contributed by atoms with Crippen molar-refractivity contribution in [2.75, 3.05) is 11.4 Å². The molecule has 0 saturated carbocycles. The Morgan fingerprint density at radius 3 is 2.60 bits per heavy atom. The molecule has 1 heterocycles. The van der Waals surface area contributed by atoms with Crippen LogP contribution in [0.5, 0.6) is 0 Å². The summed E-state index contributed by atoms with van der Waals surface area (Å²) in [6.07, 6.45) is 11.8. The van der Waals surface area contributed by atoms with Gasteiger partial charge in [0.2, 0.25) is 0 Å². The van der Waals surface area contributed by atoms with Gasteiger partial charge in [-0.3, -0.25) is 0 Å². The highest BCUT2D eigenvalue weighted by Gasteiger charge is 2.33. The largest absolute Gasteiger partial charge is 0.365 e. The van der Waals surface area contributed by atoms with E-state index in [0.29, 0.717) is 6.04 Å². The maximum atomic E-state index is 2.64. The molecule has 2 atom stereocenters. The van der Waals surface area contributed by atoms with Crippen molar-refractivity contribution in [2.45, 2.75) is 38.6 Å². The van der Waals surface area contributed by atoms with Crippen molar-refractivity contribution in [1.29, 1.82) is 0 Å². The van der Waals surface area contributed by atoms with Crippen LogP contribution in [0, 0.1) is 12.8 Å². The van der Waals surface area contributed by atoms with Gasteiger partial charge in [0.05, 0.1) is 6.04 Å². The molecule has 25 heavy (non-hydrogen) atoms. The fraction of sp³-hybridized carbons (Fsp3) is 0.333. The molecule has 1 aliphatic heterocycles. The summed E-state index contributed by atoms with van der Waals surface area (Å²) < 4.78 is 0. The standard InChI is InChI=1S/C24H27N/c1-19-11-14-22(15-12-19)25-18-17-21-9-5-6-10-23(21)24(25)16-13-20-7-3-2-4-8-20/h2-8,10-12,14-15,21,24H,9,13,16-18H2,1H3. The van der Waals surface area contributed by atoms with E-state index in [4.69, 9.17) is 0 Å². The maximum Gasteiger partial charge on any atom is 0.0511 e. The number of anilines is 1. The van der Waals surface area contributed by atoms with Crippen LogP contribution in [0.1, 0.15) is 30.4 Å². The smallest absolute Gasteiger partial charge is 0.0511 e. The van der Waals surface area contributed by atoms with Crippen LogP contribution in [-0.2, 0) is 6.42 Å². The SMILES string of the molecule is Cc1ccc(N2CCC3CC=CC=C3C2CCc2ccccc2)cc1. The van der Waals surface area contributed by atoms with E-state index in [-0.39, 0.29) is 0 Å². The van der Waals surface area contributed by atoms with Crippen molar-refractivity contribution in [3.05, 3.63) is 89.5 Å². The Bertz CT molecular complexity index is 754. The second-order valence-corrected chi connectivity index (χ2v) is 7.39. The molecular formula is C24H27N. The zero-order valence-corrected chi connectivity index (χ0v) is 15.1. The molecule has 2 unspecified atom stereocenters. The third kappa shape index (κ3) is 3.56. The van der Waals surface area contributed by atoms with Crippen molar-refractivity contribution in [2.24, 2.45) is 5.92 Å². The van der Waals surface area contributed by atoms with Gasteiger partial charge in [0.25, 0.3) is 0 Å². The summed E-state index contributed by atoms with van der Waals surface area (Å²) >= 11 is 0. The molecule has 0 bridgehead atoms. The maximum absolute atomic E-state index is 2.64. The van der Waals surface area contributed by atoms with Crippen molar-refractivity contribution in [3.63, 3.8) is 0 Å². The molecular weight excluding hydrogens is 302 g/mol. The average Bonchev–Trinajstić information content (AvgIpc) is 2.67. The topological polar surface area (TPSA) is 3.24 Å². The summed E-state index contributed by atoms with van der Waals surface area (Å²) in [6.45, 7) is 3.33. The van der Waals surface area contributed by atoms with Crippen LogP contribution in [0.15, 0.2) is 78.4 Å². The van der Waals surface area contributed by atoms with E-state index in [9.17, 15) is 0 Å². The van der Waals surface area contributed by atoms with Gasteiger partial charge in [-0.15, -0.1) is 0 Å². The molecule has 2 aliphatic rings. The number of aryl methyl sites for hydroxylation is 2. The minimum Gasteiger partial charge on any atom is -0.365 e. The zero-order valence-electron chi connectivity index (χ0n) is 15.1. The van der Waals surface area contributed by atoms with Gasteiger partial charge in [-0.1, -0.05) is 66.3 Å². The molecule has 1 aliphatic carbocycles. The zero-order chi connectivity index (χ0) is 17.1. The van der Waals surface area contributed by atoms with E-state index in [2.05, 4.69) is 84.6 Å². The normalized spacial score (nSPS) is 22.4. The van der Waals surface area contributed by atoms with Gasteiger partial charge >= 0.3 is 0 Å². The first-order valence-electron chi connectivity index (χ1n) is 9.55. The Morgan fingerprint density at radius 1 is 1.00 bits per heavy atom. The van der Waals surface area contributed by atoms with Gasteiger partial charge in [0.15, 0.2) is 0 Å². The molecule has 4 rings (SSSR count). The molecule has 2 aromatic rings. The number of hydrogen-bond donors (Lipinski definition) is 0. The predicted octanol–water partition coefficient (Wildman–Crippen LogP) is 5.71. The lowest BCUT2D eigenvalue weighted by molar-refractivity contribution is 0.428. The van der Waals surface area contributed by atoms with E-state index < -0.39 is 0 Å². The second-order valence-electron chi connectivity index (χ2n) is 7.39. The Balaban J connectivity index is 1.61. The number of rotatable bonds is 4. The summed E-state index contributed by atoms with van der Waals surface area (Å²) in [5.74, 6) is 0.743. The number of nitrogens with zero attached hydrogens (tertiary/aromatic N) is 1. The molecule has 1 heteroatoms. The number of piperidine rings is 1. The molecule has 0 radical (unpaired) electrons. The van der Waals surface area contributed by atoms with Crippen LogP contribution < -0.4 is 4.90 Å². The fourth-order valence-electron chi connectivity index (χ4n) is 4.31. The first kappa shape index (κ1) is 16.2. The highest BCUT2D eigenvalue weighted by molar-refractivity contribution is 5.52. The average molecular weight is 329 g/mol. The van der Waals surface area contributed by atoms with E-state index >= 15 is 0 Å². The van der Waals surface area contributed by atoms with E-state index in [1.54, 1.807) is 5.57 Å². The van der Waals surface area contributed by atoms with Gasteiger partial charge in [-0.25, -0.2) is 0 Å². The summed E-state index contributed by atoms with van der Waals surface area (Å²) in [7, 11) is 0. The van der Waals surface area contributed by atoms with E-state index in [0.717, 1.165) is 12.3 Å². The summed E-state index contributed by atoms with van der Waals surface area (Å²) in [5, 5.41) is 0. The summed E-state index contributed by atoms with van der Waals surface area (Å²) in [4.78, 5) is 2.64. The lowest BCUT2D eigenvalue weighted by Crippen LogP contribution is -2.45. The summed E-state index contributed by atoms with van der Waals surface area (Å²) in [6, 6.07) is 20.5. The molecule has 0 N–H and O–H groups in total. The minimum absolute atomic E-state index is 0.520. The van der Waals surface area contributed by atoms with Gasteiger partial charge in [0.1, 0.15) is 0 Å². The monoisotopic (exact) mass is 329 g/mol. The second kappa shape index (κ2) is 7.31. The fourth-order valence-corrected chi connectivity index (χ4v) is 4.31. The Kier molecular flexibility index (Phi) is 4.74. The van der Waals surface area contributed by atoms with Crippen molar-refractivity contribution >= 4 is 5.69 Å². The number of fused-ring (bicyclic) bond motifs is 1. The Hall–Kier alpha value is -2.28. The third-order valence-electron chi connectivity index (χ3n) is 5.71. The van der Waals surface area contributed by atoms with Crippen molar-refractivity contribution < 1.29 is 0 Å². The molecule has 0 amide bonds. The van der Waals surface area contributed by atoms with Crippen molar-refractivity contribution in [1.82, 2.24) is 0 Å². The minimum atomic E-state index is 0.520. The first-order valence-corrected chi connectivity index (χ1v) is 9.55. The number of hydrogen-bond acceptors (Lipinski definition) is 1. The Labute approximate surface area is 151 Å². The van der Waals surface area contributed by atoms with Crippen LogP contribution >= 0.6 is 0 Å². The molecule has 0 spiro atoms. The molecule has 1 saturated heterocycles. The molecule has 1 fully saturated rings. The van der Waals surface area contributed by atoms with Gasteiger partial charge < -0.3 is 4.90 Å². The lowest BCUT2D eigenvalue weighted by atomic mass is 9.78. The molecule has 0 aromatic heterocycles. The van der Waals surface area contributed by atoms with Gasteiger partial charge in [-0.05, 0) is 61.8 Å². The number of allylic oxidation sites excluding steroid dienone is 3. The quantitative estimate of drug-likeness (QED) is 0.694. The van der Waals surface area contributed by atoms with Crippen LogP contribution in [-0.4, -0.2) is 12.6 Å². The molecule has 1 nitrogen and oxygen atoms in total. The van der Waals surface area contributed by atoms with Crippen molar-refractivity contribution in [3.8, 4) is 0 Å². The van der Waals surface area contributed by atoms with Crippen LogP contribution in [0.2, 0.25) is 0 Å². The van der Waals surface area contributed by atoms with Crippen LogP contribution in [0.3, 0.4) is 0 Å². The summed E-state index contributed by atoms with van der Waals surface area (Å²) in [5.41, 5.74) is 5.79. The van der Waals surface area contributed by atoms with Crippen LogP contribution in [0.25, 0.3) is 0 Å². The third-order valence-corrected chi connectivity index (χ3v) is 5.71. The first-order chi connectivity index (χ1) is 12.3. The van der Waals surface area contributed by atoms with E-state index in [1.165, 1.54) is 42.6 Å². The molecule has 128 valence electrons. The van der Waals surface area contributed by atoms with Gasteiger partial charge in [0, 0.05) is 12.2 Å². The molecule has 2 aromatic carbocycles. The van der Waals surface area contributed by atoms with E-state index in [1.807, 2.05) is 0 Å². The predicted molar refractivity (Wildman–Crippen MR) is 107 cm³/mol. The highest BCUT2D eigenvalue weighted by Crippen LogP contribution is 2.38. The lowest BCUT2D eigenvalue weighted by Gasteiger charge is -2.44. The van der Waals surface area contributed by atoms with Gasteiger partial charge in [-0.2, -0.15) is 0 Å². The Morgan fingerprint density at radius 2 is 1.80 bits per heavy atom. The van der Waals surface area contributed by atoms with Crippen LogP contribution in [0.4, 0.5) is 5.69 Å². The number of benzene rings is 2.